The van der Waals surface area contributed by atoms with Gasteiger partial charge < -0.3 is 0 Å². The van der Waals surface area contributed by atoms with Gasteiger partial charge in [-0.25, -0.2) is 0 Å². The minimum absolute atomic E-state index is 0.693. The lowest BCUT2D eigenvalue weighted by Crippen LogP contribution is -2.04. The van der Waals surface area contributed by atoms with Gasteiger partial charge in [0, 0.05) is 6.20 Å². The molecule has 0 spiro atoms. The average Bonchev–Trinajstić information content (AvgIpc) is 2.55. The summed E-state index contributed by atoms with van der Waals surface area (Å²) in [6, 6.07) is 0.693. The molecule has 0 saturated heterocycles. The lowest BCUT2D eigenvalue weighted by atomic mass is 10.3. The van der Waals surface area contributed by atoms with Gasteiger partial charge in [-0.3, -0.25) is 4.68 Å². The predicted molar refractivity (Wildman–Crippen MR) is 52.4 cm³/mol. The topological polar surface area (TPSA) is 17.8 Å². The van der Waals surface area contributed by atoms with Crippen molar-refractivity contribution in [3.8, 4) is 0 Å². The molecule has 3 heteroatoms. The summed E-state index contributed by atoms with van der Waals surface area (Å²) >= 11 is 2.30. The van der Waals surface area contributed by atoms with Crippen molar-refractivity contribution in [2.45, 2.75) is 31.7 Å². The second-order valence-electron chi connectivity index (χ2n) is 3.08. The molecule has 1 saturated carbocycles. The zero-order chi connectivity index (χ0) is 7.68. The van der Waals surface area contributed by atoms with Gasteiger partial charge in [-0.2, -0.15) is 5.10 Å². The first-order valence-corrected chi connectivity index (χ1v) is 5.14. The van der Waals surface area contributed by atoms with E-state index < -0.39 is 0 Å². The zero-order valence-electron chi connectivity index (χ0n) is 6.33. The van der Waals surface area contributed by atoms with Crippen molar-refractivity contribution >= 4 is 22.6 Å². The van der Waals surface area contributed by atoms with E-state index in [1.807, 2.05) is 6.20 Å². The number of nitrogens with zero attached hydrogens (tertiary/aromatic N) is 2. The van der Waals surface area contributed by atoms with E-state index in [4.69, 9.17) is 0 Å². The third-order valence-corrected chi connectivity index (χ3v) is 2.83. The number of aromatic nitrogens is 2. The largest absolute Gasteiger partial charge is 0.269 e. The molecule has 2 rings (SSSR count). The van der Waals surface area contributed by atoms with Crippen LogP contribution in [0.4, 0.5) is 0 Å². The molecule has 0 bridgehead atoms. The Morgan fingerprint density at radius 1 is 1.45 bits per heavy atom. The molecule has 0 aliphatic heterocycles. The van der Waals surface area contributed by atoms with E-state index in [1.165, 1.54) is 29.3 Å². The molecule has 60 valence electrons. The Hall–Kier alpha value is -0.0600. The fourth-order valence-corrected chi connectivity index (χ4v) is 2.09. The highest BCUT2D eigenvalue weighted by atomic mass is 127. The zero-order valence-corrected chi connectivity index (χ0v) is 8.49. The first kappa shape index (κ1) is 7.58. The van der Waals surface area contributed by atoms with Crippen molar-refractivity contribution in [2.75, 3.05) is 0 Å². The lowest BCUT2D eigenvalue weighted by Gasteiger charge is -2.07. The van der Waals surface area contributed by atoms with E-state index in [0.717, 1.165) is 0 Å². The molecule has 0 atom stereocenters. The van der Waals surface area contributed by atoms with Crippen molar-refractivity contribution < 1.29 is 0 Å². The van der Waals surface area contributed by atoms with Gasteiger partial charge in [0.1, 0.15) is 0 Å². The monoisotopic (exact) mass is 262 g/mol. The van der Waals surface area contributed by atoms with Crippen molar-refractivity contribution in [3.05, 3.63) is 16.0 Å². The van der Waals surface area contributed by atoms with Crippen molar-refractivity contribution in [2.24, 2.45) is 0 Å². The lowest BCUT2D eigenvalue weighted by molar-refractivity contribution is 0.467. The second kappa shape index (κ2) is 3.13. The number of halogens is 1. The van der Waals surface area contributed by atoms with E-state index in [1.54, 1.807) is 0 Å². The summed E-state index contributed by atoms with van der Waals surface area (Å²) < 4.78 is 3.36. The molecular formula is C8H11IN2. The van der Waals surface area contributed by atoms with Crippen LogP contribution in [0, 0.1) is 3.57 Å². The number of hydrogen-bond acceptors (Lipinski definition) is 1. The SMILES string of the molecule is Ic1cnn(C2CCCC2)c1. The van der Waals surface area contributed by atoms with Crippen LogP contribution in [-0.4, -0.2) is 9.78 Å². The van der Waals surface area contributed by atoms with Crippen molar-refractivity contribution in [3.63, 3.8) is 0 Å². The van der Waals surface area contributed by atoms with Crippen LogP contribution in [-0.2, 0) is 0 Å². The molecule has 0 unspecified atom stereocenters. The summed E-state index contributed by atoms with van der Waals surface area (Å²) in [6.45, 7) is 0. The van der Waals surface area contributed by atoms with E-state index in [9.17, 15) is 0 Å². The molecular weight excluding hydrogens is 251 g/mol. The minimum atomic E-state index is 0.693. The maximum absolute atomic E-state index is 4.31. The van der Waals surface area contributed by atoms with E-state index in [-0.39, 0.29) is 0 Å². The summed E-state index contributed by atoms with van der Waals surface area (Å²) in [6.07, 6.45) is 9.45. The van der Waals surface area contributed by atoms with Crippen LogP contribution in [0.1, 0.15) is 31.7 Å². The maximum atomic E-state index is 4.31. The maximum Gasteiger partial charge on any atom is 0.0623 e. The smallest absolute Gasteiger partial charge is 0.0623 e. The standard InChI is InChI=1S/C8H11IN2/c9-7-5-10-11(6-7)8-3-1-2-4-8/h5-6,8H,1-4H2. The summed E-state index contributed by atoms with van der Waals surface area (Å²) in [5.41, 5.74) is 0. The van der Waals surface area contributed by atoms with E-state index in [2.05, 4.69) is 38.6 Å². The normalized spacial score (nSPS) is 19.4. The Morgan fingerprint density at radius 3 is 2.73 bits per heavy atom. The Bertz CT molecular complexity index is 238. The molecule has 1 aliphatic carbocycles. The van der Waals surface area contributed by atoms with Gasteiger partial charge in [0.05, 0.1) is 15.8 Å². The molecule has 11 heavy (non-hydrogen) atoms. The number of hydrogen-bond donors (Lipinski definition) is 0. The van der Waals surface area contributed by atoms with Crippen LogP contribution in [0.25, 0.3) is 0 Å². The van der Waals surface area contributed by atoms with Crippen LogP contribution in [0.3, 0.4) is 0 Å². The summed E-state index contributed by atoms with van der Waals surface area (Å²) in [5, 5.41) is 4.31. The third-order valence-electron chi connectivity index (χ3n) is 2.27. The van der Waals surface area contributed by atoms with Crippen LogP contribution >= 0.6 is 22.6 Å². The Labute approximate surface area is 80.1 Å². The fourth-order valence-electron chi connectivity index (χ4n) is 1.68. The highest BCUT2D eigenvalue weighted by Crippen LogP contribution is 2.28. The van der Waals surface area contributed by atoms with Crippen LogP contribution in [0.5, 0.6) is 0 Å². The molecule has 0 aromatic carbocycles. The Kier molecular flexibility index (Phi) is 2.16. The van der Waals surface area contributed by atoms with E-state index in [0.29, 0.717) is 6.04 Å². The van der Waals surface area contributed by atoms with Crippen LogP contribution < -0.4 is 0 Å². The summed E-state index contributed by atoms with van der Waals surface area (Å²) in [5.74, 6) is 0. The van der Waals surface area contributed by atoms with Gasteiger partial charge in [0.25, 0.3) is 0 Å². The highest BCUT2D eigenvalue weighted by molar-refractivity contribution is 14.1. The molecule has 0 radical (unpaired) electrons. The summed E-state index contributed by atoms with van der Waals surface area (Å²) in [7, 11) is 0. The van der Waals surface area contributed by atoms with Crippen LogP contribution in [0.15, 0.2) is 12.4 Å². The molecule has 1 aromatic heterocycles. The second-order valence-corrected chi connectivity index (χ2v) is 4.32. The molecule has 1 fully saturated rings. The van der Waals surface area contributed by atoms with Gasteiger partial charge >= 0.3 is 0 Å². The molecule has 1 aromatic rings. The first-order chi connectivity index (χ1) is 5.36. The predicted octanol–water partition coefficient (Wildman–Crippen LogP) is 2.60. The van der Waals surface area contributed by atoms with E-state index >= 15 is 0 Å². The number of rotatable bonds is 1. The molecule has 1 heterocycles. The Balaban J connectivity index is 2.15. The van der Waals surface area contributed by atoms with Gasteiger partial charge in [-0.05, 0) is 35.4 Å². The van der Waals surface area contributed by atoms with Gasteiger partial charge in [-0.1, -0.05) is 12.8 Å². The van der Waals surface area contributed by atoms with Crippen LogP contribution in [0.2, 0.25) is 0 Å². The molecule has 0 N–H and O–H groups in total. The summed E-state index contributed by atoms with van der Waals surface area (Å²) in [4.78, 5) is 0. The van der Waals surface area contributed by atoms with Gasteiger partial charge in [-0.15, -0.1) is 0 Å². The highest BCUT2D eigenvalue weighted by Gasteiger charge is 2.16. The quantitative estimate of drug-likeness (QED) is 0.711. The molecule has 1 aliphatic rings. The third kappa shape index (κ3) is 1.58. The fraction of sp³-hybridized carbons (Fsp3) is 0.625. The Morgan fingerprint density at radius 2 is 2.18 bits per heavy atom. The molecule has 2 nitrogen and oxygen atoms in total. The first-order valence-electron chi connectivity index (χ1n) is 4.06. The van der Waals surface area contributed by atoms with Gasteiger partial charge in [0.2, 0.25) is 0 Å². The molecule has 0 amide bonds. The minimum Gasteiger partial charge on any atom is -0.269 e. The van der Waals surface area contributed by atoms with Crippen molar-refractivity contribution in [1.29, 1.82) is 0 Å². The van der Waals surface area contributed by atoms with Gasteiger partial charge in [0.15, 0.2) is 0 Å². The average molecular weight is 262 g/mol. The van der Waals surface area contributed by atoms with Crippen molar-refractivity contribution in [1.82, 2.24) is 9.78 Å².